The van der Waals surface area contributed by atoms with E-state index in [4.69, 9.17) is 4.74 Å². The van der Waals surface area contributed by atoms with Crippen LogP contribution in [0.15, 0.2) is 76.7 Å². The molecule has 4 aromatic rings. The highest BCUT2D eigenvalue weighted by atomic mass is 32.2. The molecule has 0 spiro atoms. The second-order valence-corrected chi connectivity index (χ2v) is 8.39. The summed E-state index contributed by atoms with van der Waals surface area (Å²) in [5.41, 5.74) is 3.13. The molecule has 4 rings (SSSR count). The Hall–Kier alpha value is -3.91. The van der Waals surface area contributed by atoms with E-state index in [1.165, 1.54) is 23.6 Å². The van der Waals surface area contributed by atoms with Crippen LogP contribution in [0.1, 0.15) is 28.7 Å². The predicted molar refractivity (Wildman–Crippen MR) is 129 cm³/mol. The molecule has 0 saturated carbocycles. The van der Waals surface area contributed by atoms with Crippen molar-refractivity contribution in [1.29, 1.82) is 0 Å². The van der Waals surface area contributed by atoms with Gasteiger partial charge in [-0.3, -0.25) is 19.7 Å². The third-order valence-electron chi connectivity index (χ3n) is 4.82. The first-order valence-electron chi connectivity index (χ1n) is 10.2. The molecule has 0 unspecified atom stereocenters. The molecule has 2 aromatic carbocycles. The van der Waals surface area contributed by atoms with Crippen molar-refractivity contribution in [2.75, 3.05) is 13.8 Å². The van der Waals surface area contributed by atoms with E-state index in [0.29, 0.717) is 5.56 Å². The minimum Gasteiger partial charge on any atom is -0.444 e. The minimum atomic E-state index is -0.431. The van der Waals surface area contributed by atoms with Gasteiger partial charge in [-0.25, -0.2) is 0 Å². The van der Waals surface area contributed by atoms with Crippen LogP contribution in [-0.2, 0) is 9.53 Å². The maximum Gasteiger partial charge on any atom is 0.304 e. The molecule has 0 atom stereocenters. The van der Waals surface area contributed by atoms with Crippen LogP contribution < -0.4 is 0 Å². The van der Waals surface area contributed by atoms with Gasteiger partial charge in [-0.1, -0.05) is 30.0 Å². The zero-order valence-corrected chi connectivity index (χ0v) is 19.0. The lowest BCUT2D eigenvalue weighted by atomic mass is 10.2. The van der Waals surface area contributed by atoms with Crippen molar-refractivity contribution in [3.63, 3.8) is 0 Å². The van der Waals surface area contributed by atoms with Gasteiger partial charge in [0.25, 0.3) is 5.91 Å². The van der Waals surface area contributed by atoms with E-state index < -0.39 is 5.97 Å². The zero-order chi connectivity index (χ0) is 23.2. The van der Waals surface area contributed by atoms with E-state index in [9.17, 15) is 9.59 Å². The molecule has 0 fully saturated rings. The summed E-state index contributed by atoms with van der Waals surface area (Å²) in [6.45, 7) is 1.22. The number of nitrogens with zero attached hydrogens (tertiary/aromatic N) is 3. The summed E-state index contributed by atoms with van der Waals surface area (Å²) in [6.07, 6.45) is 5.61. The van der Waals surface area contributed by atoms with Crippen molar-refractivity contribution in [1.82, 2.24) is 20.1 Å². The summed E-state index contributed by atoms with van der Waals surface area (Å²) in [5.74, 6) is -0.650. The minimum absolute atomic E-state index is 0.0952. The second-order valence-electron chi connectivity index (χ2n) is 7.27. The lowest BCUT2D eigenvalue weighted by molar-refractivity contribution is -0.144. The number of nitrogens with one attached hydrogen (secondary N) is 1. The van der Waals surface area contributed by atoms with Gasteiger partial charge in [0.1, 0.15) is 0 Å². The Bertz CT molecular complexity index is 1320. The van der Waals surface area contributed by atoms with E-state index >= 15 is 0 Å². The van der Waals surface area contributed by atoms with Gasteiger partial charge in [0.05, 0.1) is 22.5 Å². The number of aromatic amines is 1. The molecule has 0 aliphatic carbocycles. The van der Waals surface area contributed by atoms with Crippen molar-refractivity contribution in [3.8, 4) is 0 Å². The molecule has 7 nitrogen and oxygen atoms in total. The second kappa shape index (κ2) is 10.1. The topological polar surface area (TPSA) is 88.2 Å². The molecular formula is C25H22N4O3S. The normalized spacial score (nSPS) is 11.1. The van der Waals surface area contributed by atoms with Crippen molar-refractivity contribution in [3.05, 3.63) is 83.8 Å². The quantitative estimate of drug-likeness (QED) is 0.314. The molecule has 0 bridgehead atoms. The third-order valence-corrected chi connectivity index (χ3v) is 5.88. The van der Waals surface area contributed by atoms with Crippen LogP contribution in [0, 0.1) is 0 Å². The summed E-state index contributed by atoms with van der Waals surface area (Å²) >= 11 is 1.49. The highest BCUT2D eigenvalue weighted by Gasteiger charge is 2.17. The van der Waals surface area contributed by atoms with E-state index in [1.807, 2.05) is 66.7 Å². The maximum absolute atomic E-state index is 12.9. The first kappa shape index (κ1) is 22.3. The number of carbonyl (C=O) groups excluding carboxylic acids is 2. The van der Waals surface area contributed by atoms with Gasteiger partial charge in [-0.2, -0.15) is 5.10 Å². The van der Waals surface area contributed by atoms with E-state index in [-0.39, 0.29) is 12.6 Å². The SMILES string of the molecule is CC(=O)OCN(C)C(=O)c1ccccc1Sc1ccc2c(/C=C/c3ccccn3)n[nH]c2c1. The smallest absolute Gasteiger partial charge is 0.304 e. The molecule has 0 aliphatic heterocycles. The molecule has 0 saturated heterocycles. The number of ether oxygens (including phenoxy) is 1. The Labute approximate surface area is 195 Å². The van der Waals surface area contributed by atoms with Crippen LogP contribution in [0.3, 0.4) is 0 Å². The van der Waals surface area contributed by atoms with Crippen LogP contribution in [0.25, 0.3) is 23.1 Å². The highest BCUT2D eigenvalue weighted by molar-refractivity contribution is 7.99. The van der Waals surface area contributed by atoms with Crippen LogP contribution in [0.2, 0.25) is 0 Å². The number of aromatic nitrogens is 3. The molecule has 2 aromatic heterocycles. The number of rotatable bonds is 7. The summed E-state index contributed by atoms with van der Waals surface area (Å²) < 4.78 is 4.94. The van der Waals surface area contributed by atoms with Gasteiger partial charge in [0, 0.05) is 35.3 Å². The number of esters is 1. The van der Waals surface area contributed by atoms with Crippen LogP contribution in [0.5, 0.6) is 0 Å². The lowest BCUT2D eigenvalue weighted by Gasteiger charge is -2.18. The summed E-state index contributed by atoms with van der Waals surface area (Å²) in [5, 5.41) is 8.48. The van der Waals surface area contributed by atoms with Crippen molar-refractivity contribution in [2.45, 2.75) is 16.7 Å². The Morgan fingerprint density at radius 1 is 1.09 bits per heavy atom. The summed E-state index contributed by atoms with van der Waals surface area (Å²) in [4.78, 5) is 31.4. The highest BCUT2D eigenvalue weighted by Crippen LogP contribution is 2.33. The molecule has 0 aliphatic rings. The molecule has 1 N–H and O–H groups in total. The Balaban J connectivity index is 1.53. The van der Waals surface area contributed by atoms with E-state index in [2.05, 4.69) is 15.2 Å². The maximum atomic E-state index is 12.9. The average Bonchev–Trinajstić information content (AvgIpc) is 3.24. The number of amides is 1. The number of hydrogen-bond acceptors (Lipinski definition) is 6. The fourth-order valence-electron chi connectivity index (χ4n) is 3.16. The number of carbonyl (C=O) groups is 2. The van der Waals surface area contributed by atoms with Crippen LogP contribution >= 0.6 is 11.8 Å². The summed E-state index contributed by atoms with van der Waals surface area (Å²) in [6, 6.07) is 19.1. The Kier molecular flexibility index (Phi) is 6.85. The largest absolute Gasteiger partial charge is 0.444 e. The number of pyridine rings is 1. The fourth-order valence-corrected chi connectivity index (χ4v) is 4.14. The Morgan fingerprint density at radius 2 is 1.91 bits per heavy atom. The number of fused-ring (bicyclic) bond motifs is 1. The van der Waals surface area contributed by atoms with Crippen LogP contribution in [-0.4, -0.2) is 45.7 Å². The molecule has 8 heteroatoms. The van der Waals surface area contributed by atoms with E-state index in [0.717, 1.165) is 32.1 Å². The predicted octanol–water partition coefficient (Wildman–Crippen LogP) is 4.87. The first-order valence-corrected chi connectivity index (χ1v) is 11.1. The molecule has 166 valence electrons. The standard InChI is InChI=1S/C25H22N4O3S/c1-17(30)32-16-29(2)25(31)21-8-3-4-9-24(21)33-19-11-12-20-22(27-28-23(20)15-19)13-10-18-7-5-6-14-26-18/h3-15H,16H2,1-2H3,(H,27,28)/b13-10+. The molecule has 33 heavy (non-hydrogen) atoms. The van der Waals surface area contributed by atoms with E-state index in [1.54, 1.807) is 19.3 Å². The summed E-state index contributed by atoms with van der Waals surface area (Å²) in [7, 11) is 1.60. The number of hydrogen-bond donors (Lipinski definition) is 1. The van der Waals surface area contributed by atoms with Gasteiger partial charge in [0.15, 0.2) is 6.73 Å². The van der Waals surface area contributed by atoms with Crippen molar-refractivity contribution < 1.29 is 14.3 Å². The van der Waals surface area contributed by atoms with Gasteiger partial charge in [-0.15, -0.1) is 0 Å². The van der Waals surface area contributed by atoms with Gasteiger partial charge in [-0.05, 0) is 54.6 Å². The Morgan fingerprint density at radius 3 is 2.70 bits per heavy atom. The zero-order valence-electron chi connectivity index (χ0n) is 18.2. The van der Waals surface area contributed by atoms with Gasteiger partial charge in [0.2, 0.25) is 0 Å². The molecule has 0 radical (unpaired) electrons. The first-order chi connectivity index (χ1) is 16.0. The average molecular weight is 459 g/mol. The molecule has 1 amide bonds. The lowest BCUT2D eigenvalue weighted by Crippen LogP contribution is -2.30. The molecule has 2 heterocycles. The number of H-pyrrole nitrogens is 1. The van der Waals surface area contributed by atoms with Crippen LogP contribution in [0.4, 0.5) is 0 Å². The molecular weight excluding hydrogens is 436 g/mol. The fraction of sp³-hybridized carbons (Fsp3) is 0.120. The van der Waals surface area contributed by atoms with Gasteiger partial charge < -0.3 is 9.64 Å². The van der Waals surface area contributed by atoms with Gasteiger partial charge >= 0.3 is 5.97 Å². The monoisotopic (exact) mass is 458 g/mol. The number of benzene rings is 2. The van der Waals surface area contributed by atoms with Crippen molar-refractivity contribution >= 4 is 46.7 Å². The third kappa shape index (κ3) is 5.48. The van der Waals surface area contributed by atoms with Crippen molar-refractivity contribution in [2.24, 2.45) is 0 Å².